The maximum atomic E-state index is 13.0. The summed E-state index contributed by atoms with van der Waals surface area (Å²) < 4.78 is 0. The Balaban J connectivity index is 1.09. The van der Waals surface area contributed by atoms with E-state index in [-0.39, 0.29) is 11.8 Å². The molecule has 0 aliphatic carbocycles. The molecule has 6 aromatic rings. The third-order valence-electron chi connectivity index (χ3n) is 6.45. The van der Waals surface area contributed by atoms with E-state index in [1.807, 2.05) is 97.1 Å². The van der Waals surface area contributed by atoms with Crippen LogP contribution >= 0.6 is 21.6 Å². The number of hydrogen-bond donors (Lipinski definition) is 2. The standard InChI is InChI=1S/C34H24N6O2S2/c41-33(39-35-21-25-19-17-23-9-1-5-13-29(23)37-25)27-11-3-7-15-31(27)43-44-32-16-8-4-12-28(32)34(42)40-36-22-26-20-18-24-10-2-6-14-30(24)38-26/h1-22H,(H,39,41)(H,40,42)/b35-21+,36-22+. The topological polar surface area (TPSA) is 109 Å². The molecular formula is C34H24N6O2S2. The number of hydrazone groups is 2. The van der Waals surface area contributed by atoms with Crippen LogP contribution in [-0.2, 0) is 0 Å². The molecule has 2 N–H and O–H groups in total. The molecule has 0 aliphatic heterocycles. The molecule has 0 bridgehead atoms. The van der Waals surface area contributed by atoms with E-state index in [1.165, 1.54) is 34.0 Å². The SMILES string of the molecule is O=C(N/N=C/c1ccc2ccccc2n1)c1ccccc1SSc1ccccc1C(=O)N/N=C/c1ccc2ccccc2n1. The van der Waals surface area contributed by atoms with Gasteiger partial charge < -0.3 is 0 Å². The second-order valence-electron chi connectivity index (χ2n) is 9.41. The van der Waals surface area contributed by atoms with Crippen LogP contribution in [0.3, 0.4) is 0 Å². The van der Waals surface area contributed by atoms with E-state index in [0.29, 0.717) is 22.5 Å². The molecule has 2 aromatic heterocycles. The van der Waals surface area contributed by atoms with Crippen molar-refractivity contribution in [1.29, 1.82) is 0 Å². The van der Waals surface area contributed by atoms with Gasteiger partial charge >= 0.3 is 0 Å². The Morgan fingerprint density at radius 1 is 0.523 bits per heavy atom. The maximum Gasteiger partial charge on any atom is 0.272 e. The second kappa shape index (κ2) is 13.8. The average Bonchev–Trinajstić information content (AvgIpc) is 3.07. The van der Waals surface area contributed by atoms with Gasteiger partial charge in [0.15, 0.2) is 0 Å². The fraction of sp³-hybridized carbons (Fsp3) is 0. The molecule has 2 heterocycles. The van der Waals surface area contributed by atoms with Crippen molar-refractivity contribution in [3.05, 3.63) is 144 Å². The Bertz CT molecular complexity index is 1900. The zero-order chi connectivity index (χ0) is 30.1. The van der Waals surface area contributed by atoms with E-state index < -0.39 is 0 Å². The molecule has 214 valence electrons. The lowest BCUT2D eigenvalue weighted by Crippen LogP contribution is -2.18. The highest BCUT2D eigenvalue weighted by molar-refractivity contribution is 8.76. The summed E-state index contributed by atoms with van der Waals surface area (Å²) in [5, 5.41) is 10.3. The molecular weight excluding hydrogens is 589 g/mol. The quantitative estimate of drug-likeness (QED) is 0.102. The summed E-state index contributed by atoms with van der Waals surface area (Å²) in [4.78, 5) is 36.6. The van der Waals surface area contributed by atoms with Gasteiger partial charge in [0.1, 0.15) is 0 Å². The fourth-order valence-corrected chi connectivity index (χ4v) is 6.65. The van der Waals surface area contributed by atoms with Gasteiger partial charge in [-0.05, 0) is 48.5 Å². The Labute approximate surface area is 261 Å². The van der Waals surface area contributed by atoms with E-state index in [2.05, 4.69) is 31.0 Å². The number of hydrogen-bond acceptors (Lipinski definition) is 8. The van der Waals surface area contributed by atoms with Crippen molar-refractivity contribution in [1.82, 2.24) is 20.8 Å². The number of nitrogens with one attached hydrogen (secondary N) is 2. The zero-order valence-electron chi connectivity index (χ0n) is 23.1. The zero-order valence-corrected chi connectivity index (χ0v) is 24.8. The summed E-state index contributed by atoms with van der Waals surface area (Å²) in [6, 6.07) is 37.7. The predicted octanol–water partition coefficient (Wildman–Crippen LogP) is 7.11. The summed E-state index contributed by atoms with van der Waals surface area (Å²) in [5.74, 6) is -0.707. The second-order valence-corrected chi connectivity index (χ2v) is 11.6. The summed E-state index contributed by atoms with van der Waals surface area (Å²) in [6.45, 7) is 0. The Morgan fingerprint density at radius 2 is 0.932 bits per heavy atom. The molecule has 0 fully saturated rings. The minimum Gasteiger partial charge on any atom is -0.267 e. The fourth-order valence-electron chi connectivity index (χ4n) is 4.29. The number of benzene rings is 4. The third kappa shape index (κ3) is 7.00. The summed E-state index contributed by atoms with van der Waals surface area (Å²) in [7, 11) is 2.75. The van der Waals surface area contributed by atoms with Gasteiger partial charge in [-0.1, -0.05) is 94.4 Å². The molecule has 0 unspecified atom stereocenters. The molecule has 0 spiro atoms. The highest BCUT2D eigenvalue weighted by Gasteiger charge is 2.15. The molecule has 0 atom stereocenters. The normalized spacial score (nSPS) is 11.4. The summed E-state index contributed by atoms with van der Waals surface area (Å²) in [5.41, 5.74) is 9.08. The van der Waals surface area contributed by atoms with Gasteiger partial charge in [0.2, 0.25) is 0 Å². The first-order chi connectivity index (χ1) is 21.6. The van der Waals surface area contributed by atoms with E-state index in [9.17, 15) is 9.59 Å². The number of amides is 2. The first-order valence-electron chi connectivity index (χ1n) is 13.5. The molecule has 10 heteroatoms. The number of para-hydroxylation sites is 2. The number of carbonyl (C=O) groups excluding carboxylic acids is 2. The minimum atomic E-state index is -0.353. The van der Waals surface area contributed by atoms with E-state index >= 15 is 0 Å². The van der Waals surface area contributed by atoms with Gasteiger partial charge in [0, 0.05) is 20.6 Å². The highest BCUT2D eigenvalue weighted by atomic mass is 33.1. The van der Waals surface area contributed by atoms with E-state index in [1.54, 1.807) is 24.3 Å². The third-order valence-corrected chi connectivity index (χ3v) is 8.93. The van der Waals surface area contributed by atoms with Gasteiger partial charge in [-0.25, -0.2) is 20.8 Å². The van der Waals surface area contributed by atoms with Crippen molar-refractivity contribution in [2.24, 2.45) is 10.2 Å². The van der Waals surface area contributed by atoms with Crippen LogP contribution in [0.4, 0.5) is 0 Å². The monoisotopic (exact) mass is 612 g/mol. The van der Waals surface area contributed by atoms with Crippen molar-refractivity contribution in [2.45, 2.75) is 9.79 Å². The van der Waals surface area contributed by atoms with Crippen LogP contribution in [0.5, 0.6) is 0 Å². The average molecular weight is 613 g/mol. The summed E-state index contributed by atoms with van der Waals surface area (Å²) in [6.07, 6.45) is 3.03. The van der Waals surface area contributed by atoms with Gasteiger partial charge in [0.25, 0.3) is 11.8 Å². The van der Waals surface area contributed by atoms with Crippen LogP contribution in [0.1, 0.15) is 32.1 Å². The van der Waals surface area contributed by atoms with Crippen LogP contribution in [0, 0.1) is 0 Å². The molecule has 2 amide bonds. The number of carbonyl (C=O) groups is 2. The van der Waals surface area contributed by atoms with Crippen LogP contribution in [-0.4, -0.2) is 34.2 Å². The molecule has 0 aliphatic rings. The summed E-state index contributed by atoms with van der Waals surface area (Å²) >= 11 is 0. The van der Waals surface area contributed by atoms with Crippen LogP contribution in [0.15, 0.2) is 141 Å². The number of rotatable bonds is 9. The van der Waals surface area contributed by atoms with E-state index in [0.717, 1.165) is 31.6 Å². The number of nitrogens with zero attached hydrogens (tertiary/aromatic N) is 4. The molecule has 8 nitrogen and oxygen atoms in total. The molecule has 0 saturated carbocycles. The lowest BCUT2D eigenvalue weighted by atomic mass is 10.2. The maximum absolute atomic E-state index is 13.0. The highest BCUT2D eigenvalue weighted by Crippen LogP contribution is 2.40. The van der Waals surface area contributed by atoms with Crippen molar-refractivity contribution in [2.75, 3.05) is 0 Å². The lowest BCUT2D eigenvalue weighted by Gasteiger charge is -2.10. The molecule has 0 saturated heterocycles. The first kappa shape index (κ1) is 28.8. The smallest absolute Gasteiger partial charge is 0.267 e. The minimum absolute atomic E-state index is 0.353. The van der Waals surface area contributed by atoms with Crippen molar-refractivity contribution in [3.8, 4) is 0 Å². The number of fused-ring (bicyclic) bond motifs is 2. The van der Waals surface area contributed by atoms with Gasteiger partial charge in [-0.15, -0.1) is 0 Å². The Hall–Kier alpha value is -5.32. The van der Waals surface area contributed by atoms with Crippen LogP contribution < -0.4 is 10.9 Å². The molecule has 4 aromatic carbocycles. The van der Waals surface area contributed by atoms with E-state index in [4.69, 9.17) is 0 Å². The molecule has 0 radical (unpaired) electrons. The predicted molar refractivity (Wildman–Crippen MR) is 178 cm³/mol. The van der Waals surface area contributed by atoms with Gasteiger partial charge in [-0.2, -0.15) is 10.2 Å². The van der Waals surface area contributed by atoms with Crippen molar-refractivity contribution >= 4 is 67.6 Å². The van der Waals surface area contributed by atoms with Crippen molar-refractivity contribution < 1.29 is 9.59 Å². The van der Waals surface area contributed by atoms with Gasteiger partial charge in [0.05, 0.1) is 46.0 Å². The largest absolute Gasteiger partial charge is 0.272 e. The Kier molecular flexibility index (Phi) is 9.01. The first-order valence-corrected chi connectivity index (χ1v) is 15.7. The van der Waals surface area contributed by atoms with Crippen LogP contribution in [0.2, 0.25) is 0 Å². The lowest BCUT2D eigenvalue weighted by molar-refractivity contribution is 0.0944. The van der Waals surface area contributed by atoms with Crippen LogP contribution in [0.25, 0.3) is 21.8 Å². The number of aromatic nitrogens is 2. The van der Waals surface area contributed by atoms with Crippen molar-refractivity contribution in [3.63, 3.8) is 0 Å². The molecule has 6 rings (SSSR count). The molecule has 44 heavy (non-hydrogen) atoms. The van der Waals surface area contributed by atoms with Gasteiger partial charge in [-0.3, -0.25) is 9.59 Å². The Morgan fingerprint density at radius 3 is 1.41 bits per heavy atom. The number of pyridine rings is 2.